The van der Waals surface area contributed by atoms with Gasteiger partial charge in [-0.05, 0) is 48.9 Å². The van der Waals surface area contributed by atoms with Crippen molar-refractivity contribution in [3.8, 4) is 5.75 Å². The number of carbonyl (C=O) groups excluding carboxylic acids is 1. The summed E-state index contributed by atoms with van der Waals surface area (Å²) in [5.41, 5.74) is 1.84. The van der Waals surface area contributed by atoms with Gasteiger partial charge in [0, 0.05) is 30.4 Å². The molecule has 5 nitrogen and oxygen atoms in total. The maximum atomic E-state index is 13.4. The van der Waals surface area contributed by atoms with Crippen molar-refractivity contribution in [2.75, 3.05) is 18.0 Å². The maximum absolute atomic E-state index is 13.4. The molecule has 2 aromatic carbocycles. The first kappa shape index (κ1) is 24.4. The number of aromatic carboxylic acids is 1. The molecule has 31 heavy (non-hydrogen) atoms. The van der Waals surface area contributed by atoms with Crippen LogP contribution in [-0.4, -0.2) is 35.1 Å². The fourth-order valence-corrected chi connectivity index (χ4v) is 3.77. The molecular weight excluding hydrogens is 390 g/mol. The molecule has 2 aromatic rings. The lowest BCUT2D eigenvalue weighted by atomic mass is 9.89. The first-order chi connectivity index (χ1) is 14.8. The van der Waals surface area contributed by atoms with Crippen molar-refractivity contribution in [3.63, 3.8) is 0 Å². The summed E-state index contributed by atoms with van der Waals surface area (Å²) in [5.74, 6) is -1.45. The van der Waals surface area contributed by atoms with Crippen LogP contribution in [0.25, 0.3) is 0 Å². The van der Waals surface area contributed by atoms with Gasteiger partial charge < -0.3 is 15.1 Å². The van der Waals surface area contributed by atoms with Crippen molar-refractivity contribution in [2.24, 2.45) is 5.92 Å². The number of hydrogen-bond acceptors (Lipinski definition) is 4. The van der Waals surface area contributed by atoms with Crippen LogP contribution in [0.1, 0.15) is 85.2 Å². The molecule has 2 rings (SSSR count). The van der Waals surface area contributed by atoms with E-state index < -0.39 is 11.8 Å². The Balaban J connectivity index is 2.46. The van der Waals surface area contributed by atoms with E-state index in [1.54, 1.807) is 24.3 Å². The van der Waals surface area contributed by atoms with E-state index in [9.17, 15) is 19.8 Å². The quantitative estimate of drug-likeness (QED) is 0.412. The zero-order chi connectivity index (χ0) is 23.0. The molecule has 0 aliphatic rings. The molecule has 0 spiro atoms. The number of aromatic hydroxyl groups is 1. The Morgan fingerprint density at radius 3 is 2.13 bits per heavy atom. The molecule has 0 atom stereocenters. The number of benzene rings is 2. The Hall–Kier alpha value is -2.82. The monoisotopic (exact) mass is 425 g/mol. The lowest BCUT2D eigenvalue weighted by Crippen LogP contribution is -2.25. The highest BCUT2D eigenvalue weighted by atomic mass is 16.4. The SMILES string of the molecule is CCCCN(CCCC)c1ccc(C(=O)c2c(CC(C)C)cccc2C(=O)O)c(O)c1. The Morgan fingerprint density at radius 1 is 0.968 bits per heavy atom. The second-order valence-electron chi connectivity index (χ2n) is 8.47. The minimum atomic E-state index is -1.14. The van der Waals surface area contributed by atoms with E-state index in [1.165, 1.54) is 6.07 Å². The average molecular weight is 426 g/mol. The molecular formula is C26H35NO4. The second kappa shape index (κ2) is 11.5. The molecule has 0 heterocycles. The van der Waals surface area contributed by atoms with Crippen LogP contribution in [0.3, 0.4) is 0 Å². The average Bonchev–Trinajstić information content (AvgIpc) is 2.72. The highest BCUT2D eigenvalue weighted by Gasteiger charge is 2.24. The van der Waals surface area contributed by atoms with Crippen LogP contribution < -0.4 is 4.90 Å². The molecule has 0 bridgehead atoms. The van der Waals surface area contributed by atoms with Crippen molar-refractivity contribution in [1.29, 1.82) is 0 Å². The number of phenols is 1. The highest BCUT2D eigenvalue weighted by molar-refractivity contribution is 6.16. The van der Waals surface area contributed by atoms with E-state index >= 15 is 0 Å². The summed E-state index contributed by atoms with van der Waals surface area (Å²) in [6.07, 6.45) is 4.85. The second-order valence-corrected chi connectivity index (χ2v) is 8.47. The zero-order valence-electron chi connectivity index (χ0n) is 19.1. The van der Waals surface area contributed by atoms with Crippen molar-refractivity contribution in [1.82, 2.24) is 0 Å². The minimum absolute atomic E-state index is 0.0286. The Morgan fingerprint density at radius 2 is 1.61 bits per heavy atom. The fraction of sp³-hybridized carbons (Fsp3) is 0.462. The van der Waals surface area contributed by atoms with Gasteiger partial charge in [0.15, 0.2) is 5.78 Å². The number of anilines is 1. The Bertz CT molecular complexity index is 896. The molecule has 168 valence electrons. The van der Waals surface area contributed by atoms with Gasteiger partial charge in [0.1, 0.15) is 5.75 Å². The van der Waals surface area contributed by atoms with Gasteiger partial charge in [0.2, 0.25) is 0 Å². The van der Waals surface area contributed by atoms with Gasteiger partial charge in [0.25, 0.3) is 0 Å². The van der Waals surface area contributed by atoms with Gasteiger partial charge in [0.05, 0.1) is 11.1 Å². The van der Waals surface area contributed by atoms with E-state index in [4.69, 9.17) is 0 Å². The van der Waals surface area contributed by atoms with Crippen LogP contribution in [0, 0.1) is 5.92 Å². The largest absolute Gasteiger partial charge is 0.507 e. The van der Waals surface area contributed by atoms with Crippen LogP contribution in [0.5, 0.6) is 5.75 Å². The summed E-state index contributed by atoms with van der Waals surface area (Å²) in [4.78, 5) is 27.4. The number of nitrogens with zero attached hydrogens (tertiary/aromatic N) is 1. The zero-order valence-corrected chi connectivity index (χ0v) is 19.1. The normalized spacial score (nSPS) is 11.0. The minimum Gasteiger partial charge on any atom is -0.507 e. The topological polar surface area (TPSA) is 77.8 Å². The molecule has 2 N–H and O–H groups in total. The highest BCUT2D eigenvalue weighted by Crippen LogP contribution is 2.30. The van der Waals surface area contributed by atoms with Crippen LogP contribution in [0.15, 0.2) is 36.4 Å². The number of ketones is 1. The molecule has 0 unspecified atom stereocenters. The summed E-state index contributed by atoms with van der Waals surface area (Å²) < 4.78 is 0. The molecule has 0 saturated carbocycles. The Kier molecular flexibility index (Phi) is 9.10. The van der Waals surface area contributed by atoms with Gasteiger partial charge in [-0.25, -0.2) is 4.79 Å². The van der Waals surface area contributed by atoms with Crippen molar-refractivity contribution >= 4 is 17.4 Å². The van der Waals surface area contributed by atoms with E-state index in [-0.39, 0.29) is 28.4 Å². The van der Waals surface area contributed by atoms with Crippen molar-refractivity contribution in [3.05, 3.63) is 58.7 Å². The number of carboxylic acids is 1. The number of rotatable bonds is 12. The molecule has 0 fully saturated rings. The summed E-state index contributed by atoms with van der Waals surface area (Å²) in [6, 6.07) is 10.0. The molecule has 0 aliphatic carbocycles. The molecule has 0 aliphatic heterocycles. The lowest BCUT2D eigenvalue weighted by molar-refractivity contribution is 0.0692. The summed E-state index contributed by atoms with van der Waals surface area (Å²) in [6.45, 7) is 10.1. The van der Waals surface area contributed by atoms with Gasteiger partial charge in [-0.15, -0.1) is 0 Å². The van der Waals surface area contributed by atoms with Crippen LogP contribution >= 0.6 is 0 Å². The fourth-order valence-electron chi connectivity index (χ4n) is 3.77. The third-order valence-corrected chi connectivity index (χ3v) is 5.39. The number of carboxylic acid groups (broad SMARTS) is 1. The number of hydrogen-bond donors (Lipinski definition) is 2. The molecule has 0 amide bonds. The van der Waals surface area contributed by atoms with Crippen LogP contribution in [-0.2, 0) is 6.42 Å². The van der Waals surface area contributed by atoms with Crippen molar-refractivity contribution in [2.45, 2.75) is 59.8 Å². The third-order valence-electron chi connectivity index (χ3n) is 5.39. The van der Waals surface area contributed by atoms with E-state index in [0.29, 0.717) is 12.0 Å². The number of phenolic OH excluding ortho intramolecular Hbond substituents is 1. The van der Waals surface area contributed by atoms with E-state index in [0.717, 1.165) is 44.5 Å². The van der Waals surface area contributed by atoms with Gasteiger partial charge >= 0.3 is 5.97 Å². The van der Waals surface area contributed by atoms with Crippen LogP contribution in [0.2, 0.25) is 0 Å². The van der Waals surface area contributed by atoms with E-state index in [2.05, 4.69) is 18.7 Å². The summed E-state index contributed by atoms with van der Waals surface area (Å²) in [5, 5.41) is 20.4. The molecule has 0 radical (unpaired) electrons. The van der Waals surface area contributed by atoms with E-state index in [1.807, 2.05) is 19.9 Å². The number of carbonyl (C=O) groups is 2. The summed E-state index contributed by atoms with van der Waals surface area (Å²) >= 11 is 0. The number of unbranched alkanes of at least 4 members (excludes halogenated alkanes) is 2. The van der Waals surface area contributed by atoms with Gasteiger partial charge in [-0.2, -0.15) is 0 Å². The Labute approximate surface area is 185 Å². The molecule has 0 aromatic heterocycles. The first-order valence-electron chi connectivity index (χ1n) is 11.3. The third kappa shape index (κ3) is 6.33. The first-order valence-corrected chi connectivity index (χ1v) is 11.3. The summed E-state index contributed by atoms with van der Waals surface area (Å²) in [7, 11) is 0. The maximum Gasteiger partial charge on any atom is 0.336 e. The standard InChI is InChI=1S/C26H35NO4/c1-5-7-14-27(15-8-6-2)20-12-13-21(23(28)17-20)25(29)24-19(16-18(3)4)10-9-11-22(24)26(30)31/h9-13,17-18,28H,5-8,14-16H2,1-4H3,(H,30,31). The molecule has 5 heteroatoms. The van der Waals surface area contributed by atoms with Crippen LogP contribution in [0.4, 0.5) is 5.69 Å². The lowest BCUT2D eigenvalue weighted by Gasteiger charge is -2.25. The predicted molar refractivity (Wildman–Crippen MR) is 126 cm³/mol. The molecule has 0 saturated heterocycles. The predicted octanol–water partition coefficient (Wildman–Crippen LogP) is 5.93. The van der Waals surface area contributed by atoms with Gasteiger partial charge in [-0.3, -0.25) is 4.79 Å². The van der Waals surface area contributed by atoms with Gasteiger partial charge in [-0.1, -0.05) is 52.7 Å². The van der Waals surface area contributed by atoms with Crippen molar-refractivity contribution < 1.29 is 19.8 Å². The smallest absolute Gasteiger partial charge is 0.336 e.